The molecule has 0 saturated heterocycles. The average Bonchev–Trinajstić information content (AvgIpc) is 2.47. The Hall–Kier alpha value is -1.90. The van der Waals surface area contributed by atoms with Crippen LogP contribution in [-0.2, 0) is 6.42 Å². The van der Waals surface area contributed by atoms with Crippen molar-refractivity contribution >= 4 is 5.69 Å². The van der Waals surface area contributed by atoms with Crippen LogP contribution in [-0.4, -0.2) is 6.04 Å². The third kappa shape index (κ3) is 2.65. The van der Waals surface area contributed by atoms with E-state index in [9.17, 15) is 8.78 Å². The molecule has 0 amide bonds. The molecule has 0 saturated carbocycles. The molecule has 1 aliphatic rings. The van der Waals surface area contributed by atoms with Crippen LogP contribution < -0.4 is 5.32 Å². The van der Waals surface area contributed by atoms with Crippen molar-refractivity contribution in [3.05, 3.63) is 64.7 Å². The molecule has 1 N–H and O–H groups in total. The van der Waals surface area contributed by atoms with E-state index in [2.05, 4.69) is 12.2 Å². The summed E-state index contributed by atoms with van der Waals surface area (Å²) in [5.74, 6) is -0.705. The summed E-state index contributed by atoms with van der Waals surface area (Å²) in [7, 11) is 0. The van der Waals surface area contributed by atoms with Crippen molar-refractivity contribution in [3.8, 4) is 0 Å². The van der Waals surface area contributed by atoms with Gasteiger partial charge in [0.15, 0.2) is 0 Å². The molecule has 110 valence electrons. The number of anilines is 1. The fraction of sp³-hybridized carbons (Fsp3) is 0.333. The Morgan fingerprint density at radius 3 is 2.71 bits per heavy atom. The van der Waals surface area contributed by atoms with Gasteiger partial charge in [0.2, 0.25) is 0 Å². The first-order chi connectivity index (χ1) is 10.1. The van der Waals surface area contributed by atoms with Gasteiger partial charge in [-0.05, 0) is 55.9 Å². The molecule has 2 aromatic rings. The molecule has 0 bridgehead atoms. The number of hydrogen-bond acceptors (Lipinski definition) is 1. The van der Waals surface area contributed by atoms with Crippen LogP contribution in [0.2, 0.25) is 0 Å². The smallest absolute Gasteiger partial charge is 0.132 e. The highest BCUT2D eigenvalue weighted by Crippen LogP contribution is 2.37. The number of para-hydroxylation sites is 1. The first-order valence-electron chi connectivity index (χ1n) is 7.35. The topological polar surface area (TPSA) is 12.0 Å². The van der Waals surface area contributed by atoms with Crippen LogP contribution in [0.3, 0.4) is 0 Å². The van der Waals surface area contributed by atoms with E-state index in [-0.39, 0.29) is 11.5 Å². The van der Waals surface area contributed by atoms with E-state index in [1.165, 1.54) is 12.1 Å². The molecule has 1 nitrogen and oxygen atoms in total. The summed E-state index contributed by atoms with van der Waals surface area (Å²) in [6, 6.07) is 11.2. The molecule has 2 unspecified atom stereocenters. The quantitative estimate of drug-likeness (QED) is 0.836. The number of benzene rings is 2. The fourth-order valence-corrected chi connectivity index (χ4v) is 3.20. The Bertz CT molecular complexity index is 666. The van der Waals surface area contributed by atoms with Crippen molar-refractivity contribution < 1.29 is 8.78 Å². The molecule has 0 fully saturated rings. The summed E-state index contributed by atoms with van der Waals surface area (Å²) < 4.78 is 28.2. The molecule has 1 aliphatic heterocycles. The van der Waals surface area contributed by atoms with E-state index in [4.69, 9.17) is 0 Å². The monoisotopic (exact) mass is 287 g/mol. The second-order valence-corrected chi connectivity index (χ2v) is 5.93. The van der Waals surface area contributed by atoms with Crippen LogP contribution in [0.4, 0.5) is 14.5 Å². The summed E-state index contributed by atoms with van der Waals surface area (Å²) >= 11 is 0. The van der Waals surface area contributed by atoms with Crippen molar-refractivity contribution in [2.45, 2.75) is 38.6 Å². The zero-order valence-electron chi connectivity index (χ0n) is 12.3. The molecule has 21 heavy (non-hydrogen) atoms. The number of aryl methyl sites for hydroxylation is 1. The standard InChI is InChI=1S/C18H19F2N/c1-11-7-8-16(19)15(18(11)20)10-13-9-12(2)21-17-6-4-3-5-14(13)17/h3-8,12-13,21H,9-10H2,1-2H3. The first-order valence-corrected chi connectivity index (χ1v) is 7.35. The Morgan fingerprint density at radius 2 is 1.90 bits per heavy atom. The van der Waals surface area contributed by atoms with Gasteiger partial charge in [-0.15, -0.1) is 0 Å². The maximum absolute atomic E-state index is 14.2. The zero-order valence-corrected chi connectivity index (χ0v) is 12.3. The third-order valence-electron chi connectivity index (χ3n) is 4.27. The van der Waals surface area contributed by atoms with Crippen LogP contribution in [0.25, 0.3) is 0 Å². The van der Waals surface area contributed by atoms with Crippen LogP contribution >= 0.6 is 0 Å². The molecule has 0 radical (unpaired) electrons. The number of nitrogens with one attached hydrogen (secondary N) is 1. The van der Waals surface area contributed by atoms with E-state index in [1.807, 2.05) is 24.3 Å². The summed E-state index contributed by atoms with van der Waals surface area (Å²) in [5, 5.41) is 3.43. The van der Waals surface area contributed by atoms with E-state index in [0.717, 1.165) is 17.7 Å². The van der Waals surface area contributed by atoms with Gasteiger partial charge in [-0.25, -0.2) is 8.78 Å². The minimum absolute atomic E-state index is 0.142. The van der Waals surface area contributed by atoms with Crippen molar-refractivity contribution in [3.63, 3.8) is 0 Å². The maximum atomic E-state index is 14.2. The minimum Gasteiger partial charge on any atom is -0.382 e. The van der Waals surface area contributed by atoms with E-state index < -0.39 is 11.6 Å². The van der Waals surface area contributed by atoms with Crippen LogP contribution in [0.1, 0.15) is 36.0 Å². The average molecular weight is 287 g/mol. The summed E-state index contributed by atoms with van der Waals surface area (Å²) in [6.45, 7) is 3.78. The first kappa shape index (κ1) is 14.1. The van der Waals surface area contributed by atoms with E-state index >= 15 is 0 Å². The molecule has 0 spiro atoms. The van der Waals surface area contributed by atoms with Gasteiger partial charge in [-0.1, -0.05) is 24.3 Å². The fourth-order valence-electron chi connectivity index (χ4n) is 3.20. The molecule has 0 aromatic heterocycles. The highest BCUT2D eigenvalue weighted by Gasteiger charge is 2.26. The van der Waals surface area contributed by atoms with Gasteiger partial charge in [0, 0.05) is 17.3 Å². The Labute approximate surface area is 124 Å². The number of halogens is 2. The Kier molecular flexibility index (Phi) is 3.66. The summed E-state index contributed by atoms with van der Waals surface area (Å²) in [6.07, 6.45) is 1.28. The lowest BCUT2D eigenvalue weighted by molar-refractivity contribution is 0.502. The molecule has 1 heterocycles. The zero-order chi connectivity index (χ0) is 15.0. The lowest BCUT2D eigenvalue weighted by Crippen LogP contribution is -2.26. The normalized spacial score (nSPS) is 20.8. The van der Waals surface area contributed by atoms with Crippen molar-refractivity contribution in [1.82, 2.24) is 0 Å². The van der Waals surface area contributed by atoms with Crippen molar-refractivity contribution in [1.29, 1.82) is 0 Å². The highest BCUT2D eigenvalue weighted by molar-refractivity contribution is 5.56. The molecular formula is C18H19F2N. The molecular weight excluding hydrogens is 268 g/mol. The summed E-state index contributed by atoms with van der Waals surface area (Å²) in [4.78, 5) is 0. The van der Waals surface area contributed by atoms with Crippen molar-refractivity contribution in [2.75, 3.05) is 5.32 Å². The molecule has 3 heteroatoms. The minimum atomic E-state index is -0.443. The lowest BCUT2D eigenvalue weighted by atomic mass is 9.83. The molecule has 2 aromatic carbocycles. The Morgan fingerprint density at radius 1 is 1.14 bits per heavy atom. The van der Waals surface area contributed by atoms with Crippen molar-refractivity contribution in [2.24, 2.45) is 0 Å². The second kappa shape index (κ2) is 5.47. The number of rotatable bonds is 2. The SMILES string of the molecule is Cc1ccc(F)c(CC2CC(C)Nc3ccccc32)c1F. The van der Waals surface area contributed by atoms with Gasteiger partial charge in [0.05, 0.1) is 0 Å². The van der Waals surface area contributed by atoms with Crippen LogP contribution in [0.15, 0.2) is 36.4 Å². The van der Waals surface area contributed by atoms with E-state index in [0.29, 0.717) is 18.0 Å². The number of hydrogen-bond donors (Lipinski definition) is 1. The molecule has 3 rings (SSSR count). The molecule has 0 aliphatic carbocycles. The number of fused-ring (bicyclic) bond motifs is 1. The second-order valence-electron chi connectivity index (χ2n) is 5.93. The predicted molar refractivity (Wildman–Crippen MR) is 81.7 cm³/mol. The van der Waals surface area contributed by atoms with Crippen LogP contribution in [0, 0.1) is 18.6 Å². The lowest BCUT2D eigenvalue weighted by Gasteiger charge is -2.31. The van der Waals surface area contributed by atoms with Gasteiger partial charge >= 0.3 is 0 Å². The largest absolute Gasteiger partial charge is 0.382 e. The van der Waals surface area contributed by atoms with Gasteiger partial charge in [-0.2, -0.15) is 0 Å². The van der Waals surface area contributed by atoms with E-state index in [1.54, 1.807) is 6.92 Å². The van der Waals surface area contributed by atoms with Gasteiger partial charge in [-0.3, -0.25) is 0 Å². The van der Waals surface area contributed by atoms with Gasteiger partial charge in [0.25, 0.3) is 0 Å². The van der Waals surface area contributed by atoms with Crippen LogP contribution in [0.5, 0.6) is 0 Å². The summed E-state index contributed by atoms with van der Waals surface area (Å²) in [5.41, 5.74) is 2.94. The van der Waals surface area contributed by atoms with Gasteiger partial charge < -0.3 is 5.32 Å². The highest BCUT2D eigenvalue weighted by atomic mass is 19.1. The Balaban J connectivity index is 1.98. The maximum Gasteiger partial charge on any atom is 0.132 e. The third-order valence-corrected chi connectivity index (χ3v) is 4.27. The molecule has 2 atom stereocenters. The predicted octanol–water partition coefficient (Wildman–Crippen LogP) is 4.80. The van der Waals surface area contributed by atoms with Gasteiger partial charge in [0.1, 0.15) is 11.6 Å².